The molecular weight excluding hydrogens is 528 g/mol. The Morgan fingerprint density at radius 1 is 1.00 bits per heavy atom. The minimum Gasteiger partial charge on any atom is -0.494 e. The number of hydrogen-bond donors (Lipinski definition) is 3. The second kappa shape index (κ2) is 11.4. The zero-order chi connectivity index (χ0) is 30.1. The van der Waals surface area contributed by atoms with Crippen LogP contribution in [0, 0.1) is 5.82 Å². The van der Waals surface area contributed by atoms with Crippen molar-refractivity contribution in [2.75, 3.05) is 31.8 Å². The van der Waals surface area contributed by atoms with Crippen molar-refractivity contribution < 1.29 is 18.7 Å². The van der Waals surface area contributed by atoms with Gasteiger partial charge in [-0.25, -0.2) is 9.37 Å². The first-order valence-electron chi connectivity index (χ1n) is 12.6. The number of amides is 2. The summed E-state index contributed by atoms with van der Waals surface area (Å²) in [6.07, 6.45) is 2.94. The van der Waals surface area contributed by atoms with Crippen LogP contribution in [0.15, 0.2) is 36.7 Å². The highest BCUT2D eigenvalue weighted by molar-refractivity contribution is 6.60. The number of ether oxygens (including phenoxy) is 1. The normalized spacial score (nSPS) is 11.2. The number of aryl methyl sites for hydroxylation is 2. The van der Waals surface area contributed by atoms with Gasteiger partial charge in [0.15, 0.2) is 11.6 Å². The van der Waals surface area contributed by atoms with Crippen molar-refractivity contribution in [1.29, 1.82) is 0 Å². The highest BCUT2D eigenvalue weighted by atomic mass is 19.1. The maximum atomic E-state index is 15.1. The molecule has 41 heavy (non-hydrogen) atoms. The van der Waals surface area contributed by atoms with Gasteiger partial charge in [-0.2, -0.15) is 15.0 Å². The SMILES string of the molecule is BC(B)(B)NC(=O)c1cnc(Nc2cnn(C)n2)cc1Nc1cc(F)cc(-c2cc(C(=O)N(C)C)n(C)n2)c1OC. The van der Waals surface area contributed by atoms with Crippen LogP contribution >= 0.6 is 0 Å². The maximum Gasteiger partial charge on any atom is 0.271 e. The van der Waals surface area contributed by atoms with Crippen LogP contribution in [0.25, 0.3) is 11.3 Å². The Bertz CT molecular complexity index is 1620. The third-order valence-electron chi connectivity index (χ3n) is 5.80. The van der Waals surface area contributed by atoms with Crippen LogP contribution in [0.3, 0.4) is 0 Å². The van der Waals surface area contributed by atoms with E-state index >= 15 is 4.39 Å². The molecule has 17 heteroatoms. The number of nitrogens with zero attached hydrogens (tertiary/aromatic N) is 7. The van der Waals surface area contributed by atoms with Gasteiger partial charge in [-0.3, -0.25) is 14.3 Å². The zero-order valence-electron chi connectivity index (χ0n) is 24.2. The summed E-state index contributed by atoms with van der Waals surface area (Å²) in [5.41, 5.74) is 1.75. The van der Waals surface area contributed by atoms with Gasteiger partial charge < -0.3 is 25.6 Å². The van der Waals surface area contributed by atoms with Crippen molar-refractivity contribution in [2.45, 2.75) is 5.24 Å². The van der Waals surface area contributed by atoms with Crippen molar-refractivity contribution in [1.82, 2.24) is 40.0 Å². The molecule has 1 aromatic carbocycles. The summed E-state index contributed by atoms with van der Waals surface area (Å²) in [6.45, 7) is 0. The second-order valence-electron chi connectivity index (χ2n) is 10.6. The molecule has 0 fully saturated rings. The van der Waals surface area contributed by atoms with Gasteiger partial charge in [0, 0.05) is 52.1 Å². The third-order valence-corrected chi connectivity index (χ3v) is 5.80. The summed E-state index contributed by atoms with van der Waals surface area (Å²) in [7, 11) is 13.6. The Hall–Kier alpha value is -4.82. The smallest absolute Gasteiger partial charge is 0.271 e. The van der Waals surface area contributed by atoms with Gasteiger partial charge in [-0.1, -0.05) is 0 Å². The van der Waals surface area contributed by atoms with Gasteiger partial charge in [0.1, 0.15) is 40.9 Å². The summed E-state index contributed by atoms with van der Waals surface area (Å²) in [4.78, 5) is 33.0. The summed E-state index contributed by atoms with van der Waals surface area (Å²) in [5.74, 6) is -0.146. The van der Waals surface area contributed by atoms with Gasteiger partial charge in [0.05, 0.1) is 35.9 Å². The molecule has 3 heterocycles. The van der Waals surface area contributed by atoms with E-state index in [9.17, 15) is 9.59 Å². The van der Waals surface area contributed by atoms with E-state index in [1.807, 2.05) is 23.5 Å². The van der Waals surface area contributed by atoms with Gasteiger partial charge in [-0.15, -0.1) is 5.10 Å². The Kier molecular flexibility index (Phi) is 8.08. The van der Waals surface area contributed by atoms with Gasteiger partial charge >= 0.3 is 0 Å². The lowest BCUT2D eigenvalue weighted by Gasteiger charge is -2.22. The molecule has 0 saturated carbocycles. The fraction of sp³-hybridized carbons (Fsp3) is 0.250. The quantitative estimate of drug-likeness (QED) is 0.225. The number of aromatic nitrogens is 6. The van der Waals surface area contributed by atoms with Crippen LogP contribution in [-0.2, 0) is 14.1 Å². The molecule has 3 aromatic heterocycles. The van der Waals surface area contributed by atoms with Gasteiger partial charge in [0.2, 0.25) is 0 Å². The Labute approximate surface area is 239 Å². The van der Waals surface area contributed by atoms with Crippen molar-refractivity contribution in [3.05, 3.63) is 53.7 Å². The topological polar surface area (TPSA) is 144 Å². The molecule has 210 valence electrons. The molecule has 4 rings (SSSR count). The van der Waals surface area contributed by atoms with Crippen molar-refractivity contribution in [2.24, 2.45) is 14.1 Å². The molecule has 2 amide bonds. The number of rotatable bonds is 9. The molecule has 0 radical (unpaired) electrons. The number of methoxy groups -OCH3 is 1. The van der Waals surface area contributed by atoms with Crippen LogP contribution in [0.5, 0.6) is 5.75 Å². The van der Waals surface area contributed by atoms with E-state index in [-0.39, 0.29) is 28.8 Å². The molecular formula is C24H30B3FN10O3. The fourth-order valence-electron chi connectivity index (χ4n) is 4.02. The molecule has 4 aromatic rings. The minimum atomic E-state index is -0.581. The van der Waals surface area contributed by atoms with E-state index in [4.69, 9.17) is 4.74 Å². The monoisotopic (exact) mass is 558 g/mol. The molecule has 0 aliphatic rings. The average molecular weight is 558 g/mol. The summed E-state index contributed by atoms with van der Waals surface area (Å²) in [6, 6.07) is 5.70. The lowest BCUT2D eigenvalue weighted by molar-refractivity contribution is 0.0816. The predicted octanol–water partition coefficient (Wildman–Crippen LogP) is -0.812. The minimum absolute atomic E-state index is 0.217. The molecule has 13 nitrogen and oxygen atoms in total. The molecule has 0 aliphatic heterocycles. The van der Waals surface area contributed by atoms with E-state index in [1.54, 1.807) is 40.3 Å². The van der Waals surface area contributed by atoms with Crippen LogP contribution in [0.2, 0.25) is 0 Å². The number of benzene rings is 1. The Morgan fingerprint density at radius 3 is 2.34 bits per heavy atom. The van der Waals surface area contributed by atoms with E-state index < -0.39 is 11.1 Å². The summed E-state index contributed by atoms with van der Waals surface area (Å²) < 4.78 is 22.2. The first kappa shape index (κ1) is 29.2. The van der Waals surface area contributed by atoms with E-state index in [0.717, 1.165) is 0 Å². The molecule has 0 atom stereocenters. The highest BCUT2D eigenvalue weighted by Crippen LogP contribution is 2.39. The zero-order valence-corrected chi connectivity index (χ0v) is 24.2. The fourth-order valence-corrected chi connectivity index (χ4v) is 4.02. The number of carbonyl (C=O) groups is 2. The highest BCUT2D eigenvalue weighted by Gasteiger charge is 2.23. The standard InChI is InChI=1S/C24H30B3FN10O3/c1-36(2)23(40)18-8-16(34-37(18)3)13-6-12(28)7-17(21(13)41-5)31-15-9-19(32-20-11-30-38(4)35-20)29-10-14(15)22(39)33-24(25,26)27/h6-11H,25-27H2,1-5H3,(H,33,39)(H2,29,31,32,35). The average Bonchev–Trinajstić information content (AvgIpc) is 3.46. The molecule has 0 aliphatic carbocycles. The summed E-state index contributed by atoms with van der Waals surface area (Å²) >= 11 is 0. The Morgan fingerprint density at radius 2 is 1.73 bits per heavy atom. The number of hydrogen-bond acceptors (Lipinski definition) is 9. The van der Waals surface area contributed by atoms with Crippen molar-refractivity contribution in [3.8, 4) is 17.0 Å². The van der Waals surface area contributed by atoms with E-state index in [0.29, 0.717) is 34.3 Å². The summed E-state index contributed by atoms with van der Waals surface area (Å²) in [5, 5.41) is 21.2. The molecule has 0 saturated heterocycles. The van der Waals surface area contributed by atoms with E-state index in [2.05, 4.69) is 36.2 Å². The number of nitrogens with one attached hydrogen (secondary N) is 3. The largest absolute Gasteiger partial charge is 0.494 e. The number of anilines is 4. The first-order valence-corrected chi connectivity index (χ1v) is 12.6. The van der Waals surface area contributed by atoms with Crippen molar-refractivity contribution in [3.63, 3.8) is 0 Å². The maximum absolute atomic E-state index is 15.1. The van der Waals surface area contributed by atoms with Crippen LogP contribution in [0.4, 0.5) is 27.4 Å². The van der Waals surface area contributed by atoms with Crippen LogP contribution in [0.1, 0.15) is 20.8 Å². The van der Waals surface area contributed by atoms with Gasteiger partial charge in [0.25, 0.3) is 11.8 Å². The van der Waals surface area contributed by atoms with Crippen LogP contribution in [-0.4, -0.2) is 96.5 Å². The molecule has 0 bridgehead atoms. The van der Waals surface area contributed by atoms with Gasteiger partial charge in [-0.05, 0) is 17.4 Å². The molecule has 3 N–H and O–H groups in total. The third kappa shape index (κ3) is 6.68. The second-order valence-corrected chi connectivity index (χ2v) is 10.6. The predicted molar refractivity (Wildman–Crippen MR) is 161 cm³/mol. The molecule has 0 spiro atoms. The first-order chi connectivity index (χ1) is 19.3. The lowest BCUT2D eigenvalue weighted by Crippen LogP contribution is -2.50. The van der Waals surface area contributed by atoms with Crippen LogP contribution < -0.4 is 20.7 Å². The Balaban J connectivity index is 1.80. The number of halogens is 1. The number of pyridine rings is 1. The lowest BCUT2D eigenvalue weighted by atomic mass is 9.49. The molecule has 0 unspecified atom stereocenters. The number of carbonyl (C=O) groups excluding carboxylic acids is 2. The van der Waals surface area contributed by atoms with Crippen molar-refractivity contribution >= 4 is 58.4 Å². The van der Waals surface area contributed by atoms with E-state index in [1.165, 1.54) is 46.0 Å².